The van der Waals surface area contributed by atoms with Gasteiger partial charge in [0.05, 0.1) is 0 Å². The fourth-order valence-electron chi connectivity index (χ4n) is 2.91. The van der Waals surface area contributed by atoms with Crippen molar-refractivity contribution >= 4 is 5.91 Å². The summed E-state index contributed by atoms with van der Waals surface area (Å²) in [7, 11) is 0. The molecule has 114 valence electrons. The predicted octanol–water partition coefficient (Wildman–Crippen LogP) is 4.40. The molecule has 0 radical (unpaired) electrons. The third kappa shape index (κ3) is 3.48. The van der Waals surface area contributed by atoms with E-state index in [1.165, 1.54) is 12.8 Å². The van der Waals surface area contributed by atoms with Gasteiger partial charge in [0, 0.05) is 11.6 Å². The first-order valence-electron chi connectivity index (χ1n) is 7.86. The van der Waals surface area contributed by atoms with Crippen molar-refractivity contribution in [1.82, 2.24) is 5.32 Å². The number of para-hydroxylation sites is 1. The summed E-state index contributed by atoms with van der Waals surface area (Å²) in [6, 6.07) is 17.2. The summed E-state index contributed by atoms with van der Waals surface area (Å²) in [5, 5.41) is 3.13. The van der Waals surface area contributed by atoms with Gasteiger partial charge in [0.1, 0.15) is 11.5 Å². The Balaban J connectivity index is 1.62. The number of rotatable bonds is 4. The zero-order valence-corrected chi connectivity index (χ0v) is 12.8. The molecule has 3 heteroatoms. The zero-order chi connectivity index (χ0) is 15.4. The molecule has 1 N–H and O–H groups in total. The quantitative estimate of drug-likeness (QED) is 0.908. The van der Waals surface area contributed by atoms with Crippen LogP contribution in [0, 0.1) is 5.92 Å². The molecule has 0 aliphatic heterocycles. The van der Waals surface area contributed by atoms with E-state index in [4.69, 9.17) is 4.74 Å². The molecular weight excluding hydrogens is 274 g/mol. The molecule has 2 unspecified atom stereocenters. The van der Waals surface area contributed by atoms with Crippen molar-refractivity contribution in [2.45, 2.75) is 32.2 Å². The Morgan fingerprint density at radius 3 is 2.32 bits per heavy atom. The van der Waals surface area contributed by atoms with Crippen LogP contribution < -0.4 is 10.1 Å². The fourth-order valence-corrected chi connectivity index (χ4v) is 2.91. The van der Waals surface area contributed by atoms with E-state index >= 15 is 0 Å². The maximum atomic E-state index is 12.3. The minimum Gasteiger partial charge on any atom is -0.457 e. The average Bonchev–Trinajstić information content (AvgIpc) is 2.94. The van der Waals surface area contributed by atoms with Gasteiger partial charge in [-0.3, -0.25) is 4.79 Å². The van der Waals surface area contributed by atoms with E-state index in [1.807, 2.05) is 54.6 Å². The van der Waals surface area contributed by atoms with Crippen molar-refractivity contribution in [3.63, 3.8) is 0 Å². The molecule has 1 amide bonds. The Kier molecular flexibility index (Phi) is 4.42. The molecule has 2 aromatic carbocycles. The Labute approximate surface area is 131 Å². The molecule has 0 heterocycles. The Morgan fingerprint density at radius 1 is 1.00 bits per heavy atom. The monoisotopic (exact) mass is 295 g/mol. The van der Waals surface area contributed by atoms with Crippen molar-refractivity contribution in [2.75, 3.05) is 0 Å². The lowest BCUT2D eigenvalue weighted by atomic mass is 10.1. The number of carbonyl (C=O) groups is 1. The SMILES string of the molecule is CC1CCCC1NC(=O)c1ccc(Oc2ccccc2)cc1. The van der Waals surface area contributed by atoms with Crippen molar-refractivity contribution < 1.29 is 9.53 Å². The van der Waals surface area contributed by atoms with E-state index in [1.54, 1.807) is 0 Å². The molecule has 2 aromatic rings. The van der Waals surface area contributed by atoms with Gasteiger partial charge in [0.2, 0.25) is 0 Å². The maximum absolute atomic E-state index is 12.3. The largest absolute Gasteiger partial charge is 0.457 e. The van der Waals surface area contributed by atoms with E-state index in [0.29, 0.717) is 17.5 Å². The van der Waals surface area contributed by atoms with Gasteiger partial charge in [-0.05, 0) is 55.2 Å². The van der Waals surface area contributed by atoms with Gasteiger partial charge in [0.15, 0.2) is 0 Å². The summed E-state index contributed by atoms with van der Waals surface area (Å²) in [5.41, 5.74) is 0.680. The fraction of sp³-hybridized carbons (Fsp3) is 0.316. The van der Waals surface area contributed by atoms with Crippen LogP contribution in [0.3, 0.4) is 0 Å². The van der Waals surface area contributed by atoms with E-state index in [2.05, 4.69) is 12.2 Å². The first-order chi connectivity index (χ1) is 10.7. The highest BCUT2D eigenvalue weighted by Crippen LogP contribution is 2.25. The lowest BCUT2D eigenvalue weighted by Crippen LogP contribution is -2.36. The average molecular weight is 295 g/mol. The normalized spacial score (nSPS) is 20.6. The van der Waals surface area contributed by atoms with Gasteiger partial charge < -0.3 is 10.1 Å². The summed E-state index contributed by atoms with van der Waals surface area (Å²) < 4.78 is 5.73. The van der Waals surface area contributed by atoms with Crippen LogP contribution in [0.4, 0.5) is 0 Å². The van der Waals surface area contributed by atoms with Gasteiger partial charge in [-0.1, -0.05) is 31.5 Å². The highest BCUT2D eigenvalue weighted by molar-refractivity contribution is 5.94. The molecule has 1 fully saturated rings. The van der Waals surface area contributed by atoms with Crippen LogP contribution >= 0.6 is 0 Å². The number of ether oxygens (including phenoxy) is 1. The van der Waals surface area contributed by atoms with E-state index in [0.717, 1.165) is 17.9 Å². The van der Waals surface area contributed by atoms with E-state index in [-0.39, 0.29) is 5.91 Å². The smallest absolute Gasteiger partial charge is 0.251 e. The van der Waals surface area contributed by atoms with Crippen LogP contribution in [0.5, 0.6) is 11.5 Å². The van der Waals surface area contributed by atoms with Crippen LogP contribution in [0.1, 0.15) is 36.5 Å². The Bertz CT molecular complexity index is 622. The summed E-state index contributed by atoms with van der Waals surface area (Å²) in [6.07, 6.45) is 3.49. The number of carbonyl (C=O) groups excluding carboxylic acids is 1. The molecule has 0 aromatic heterocycles. The van der Waals surface area contributed by atoms with Crippen LogP contribution in [0.2, 0.25) is 0 Å². The van der Waals surface area contributed by atoms with Gasteiger partial charge >= 0.3 is 0 Å². The van der Waals surface area contributed by atoms with Crippen LogP contribution in [0.25, 0.3) is 0 Å². The number of amides is 1. The van der Waals surface area contributed by atoms with Crippen LogP contribution in [0.15, 0.2) is 54.6 Å². The van der Waals surface area contributed by atoms with Crippen molar-refractivity contribution in [3.8, 4) is 11.5 Å². The van der Waals surface area contributed by atoms with Gasteiger partial charge in [-0.15, -0.1) is 0 Å². The van der Waals surface area contributed by atoms with Crippen molar-refractivity contribution in [2.24, 2.45) is 5.92 Å². The second-order valence-electron chi connectivity index (χ2n) is 5.93. The minimum atomic E-state index is 0.00464. The molecule has 22 heavy (non-hydrogen) atoms. The Hall–Kier alpha value is -2.29. The third-order valence-corrected chi connectivity index (χ3v) is 4.27. The number of nitrogens with one attached hydrogen (secondary N) is 1. The minimum absolute atomic E-state index is 0.00464. The van der Waals surface area contributed by atoms with Crippen LogP contribution in [-0.2, 0) is 0 Å². The number of hydrogen-bond acceptors (Lipinski definition) is 2. The summed E-state index contributed by atoms with van der Waals surface area (Å²) >= 11 is 0. The van der Waals surface area contributed by atoms with Gasteiger partial charge in [-0.25, -0.2) is 0 Å². The molecule has 2 atom stereocenters. The molecular formula is C19H21NO2. The maximum Gasteiger partial charge on any atom is 0.251 e. The third-order valence-electron chi connectivity index (χ3n) is 4.27. The highest BCUT2D eigenvalue weighted by Gasteiger charge is 2.24. The first kappa shape index (κ1) is 14.6. The topological polar surface area (TPSA) is 38.3 Å². The lowest BCUT2D eigenvalue weighted by molar-refractivity contribution is 0.0929. The van der Waals surface area contributed by atoms with Crippen molar-refractivity contribution in [3.05, 3.63) is 60.2 Å². The summed E-state index contributed by atoms with van der Waals surface area (Å²) in [5.74, 6) is 2.10. The summed E-state index contributed by atoms with van der Waals surface area (Å²) in [6.45, 7) is 2.20. The van der Waals surface area contributed by atoms with Crippen molar-refractivity contribution in [1.29, 1.82) is 0 Å². The zero-order valence-electron chi connectivity index (χ0n) is 12.8. The standard InChI is InChI=1S/C19H21NO2/c1-14-6-5-9-18(14)20-19(21)15-10-12-17(13-11-15)22-16-7-3-2-4-8-16/h2-4,7-8,10-14,18H,5-6,9H2,1H3,(H,20,21). The Morgan fingerprint density at radius 2 is 1.68 bits per heavy atom. The molecule has 0 spiro atoms. The second kappa shape index (κ2) is 6.65. The van der Waals surface area contributed by atoms with E-state index < -0.39 is 0 Å². The molecule has 0 saturated heterocycles. The predicted molar refractivity (Wildman–Crippen MR) is 87.2 cm³/mol. The number of benzene rings is 2. The molecule has 3 nitrogen and oxygen atoms in total. The summed E-state index contributed by atoms with van der Waals surface area (Å²) in [4.78, 5) is 12.3. The molecule has 1 aliphatic rings. The molecule has 1 saturated carbocycles. The lowest BCUT2D eigenvalue weighted by Gasteiger charge is -2.17. The molecule has 3 rings (SSSR count). The van der Waals surface area contributed by atoms with E-state index in [9.17, 15) is 4.79 Å². The van der Waals surface area contributed by atoms with Crippen LogP contribution in [-0.4, -0.2) is 11.9 Å². The first-order valence-corrected chi connectivity index (χ1v) is 7.86. The molecule has 0 bridgehead atoms. The second-order valence-corrected chi connectivity index (χ2v) is 5.93. The number of hydrogen-bond donors (Lipinski definition) is 1. The van der Waals surface area contributed by atoms with Gasteiger partial charge in [0.25, 0.3) is 5.91 Å². The highest BCUT2D eigenvalue weighted by atomic mass is 16.5. The molecule has 1 aliphatic carbocycles. The van der Waals surface area contributed by atoms with Gasteiger partial charge in [-0.2, -0.15) is 0 Å².